The van der Waals surface area contributed by atoms with Crippen molar-refractivity contribution in [3.63, 3.8) is 0 Å². The Labute approximate surface area is 186 Å². The number of Topliss-reactive ketones (excluding diaryl/α,β-unsaturated/α-hetero) is 1. The Morgan fingerprint density at radius 3 is 2.45 bits per heavy atom. The van der Waals surface area contributed by atoms with Gasteiger partial charge in [-0.3, -0.25) is 4.79 Å². The number of hydrogen-bond donors (Lipinski definition) is 2. The van der Waals surface area contributed by atoms with Gasteiger partial charge in [0.1, 0.15) is 10.6 Å². The maximum atomic E-state index is 12.7. The van der Waals surface area contributed by atoms with Crippen molar-refractivity contribution in [3.05, 3.63) is 60.0 Å². The standard InChI is InChI=1S/C23H25NO5S2/c1-5-20(25)15(2)21-12-16-6-9-18(13-22(16)30-21)29-31(27,28)19-10-7-17(8-11-19)24-14-23(3,4)26/h6-13,24,26H,2,5,14H2,1,3-4H3. The number of rotatable bonds is 9. The van der Waals surface area contributed by atoms with E-state index in [9.17, 15) is 18.3 Å². The van der Waals surface area contributed by atoms with Gasteiger partial charge in [0, 0.05) is 33.8 Å². The summed E-state index contributed by atoms with van der Waals surface area (Å²) in [5.41, 5.74) is 0.261. The lowest BCUT2D eigenvalue weighted by molar-refractivity contribution is -0.113. The molecule has 0 saturated carbocycles. The molecule has 0 aliphatic carbocycles. The minimum Gasteiger partial charge on any atom is -0.389 e. The first-order valence-electron chi connectivity index (χ1n) is 9.75. The van der Waals surface area contributed by atoms with Crippen molar-refractivity contribution >= 4 is 48.6 Å². The molecule has 1 heterocycles. The van der Waals surface area contributed by atoms with Crippen LogP contribution >= 0.6 is 11.3 Å². The molecule has 8 heteroatoms. The quantitative estimate of drug-likeness (QED) is 0.351. The highest BCUT2D eigenvalue weighted by atomic mass is 32.2. The summed E-state index contributed by atoms with van der Waals surface area (Å²) < 4.78 is 31.5. The third-order valence-corrected chi connectivity index (χ3v) is 6.94. The lowest BCUT2D eigenvalue weighted by atomic mass is 10.1. The molecule has 31 heavy (non-hydrogen) atoms. The first-order valence-corrected chi connectivity index (χ1v) is 12.0. The molecule has 0 spiro atoms. The Bertz CT molecular complexity index is 1220. The zero-order valence-electron chi connectivity index (χ0n) is 17.6. The van der Waals surface area contributed by atoms with Gasteiger partial charge in [-0.2, -0.15) is 8.42 Å². The number of carbonyl (C=O) groups excluding carboxylic acids is 1. The fourth-order valence-corrected chi connectivity index (χ4v) is 4.80. The number of nitrogens with one attached hydrogen (secondary N) is 1. The van der Waals surface area contributed by atoms with Gasteiger partial charge in [-0.05, 0) is 67.8 Å². The molecule has 0 radical (unpaired) electrons. The Morgan fingerprint density at radius 2 is 1.84 bits per heavy atom. The van der Waals surface area contributed by atoms with Crippen LogP contribution in [0.3, 0.4) is 0 Å². The van der Waals surface area contributed by atoms with E-state index in [2.05, 4.69) is 11.9 Å². The molecule has 0 fully saturated rings. The zero-order chi connectivity index (χ0) is 22.8. The molecule has 2 N–H and O–H groups in total. The first kappa shape index (κ1) is 23.0. The molecule has 6 nitrogen and oxygen atoms in total. The van der Waals surface area contributed by atoms with Gasteiger partial charge in [0.15, 0.2) is 5.78 Å². The summed E-state index contributed by atoms with van der Waals surface area (Å²) in [6.07, 6.45) is 0.381. The lowest BCUT2D eigenvalue weighted by Crippen LogP contribution is -2.29. The van der Waals surface area contributed by atoms with Gasteiger partial charge >= 0.3 is 10.1 Å². The topological polar surface area (TPSA) is 92.7 Å². The Balaban J connectivity index is 1.77. The number of ketones is 1. The first-order chi connectivity index (χ1) is 14.5. The van der Waals surface area contributed by atoms with Gasteiger partial charge in [0.05, 0.1) is 5.60 Å². The Kier molecular flexibility index (Phi) is 6.54. The smallest absolute Gasteiger partial charge is 0.339 e. The fourth-order valence-electron chi connectivity index (χ4n) is 2.80. The zero-order valence-corrected chi connectivity index (χ0v) is 19.3. The maximum absolute atomic E-state index is 12.7. The van der Waals surface area contributed by atoms with Crippen LogP contribution in [-0.4, -0.2) is 31.5 Å². The van der Waals surface area contributed by atoms with E-state index >= 15 is 0 Å². The van der Waals surface area contributed by atoms with Crippen molar-refractivity contribution in [1.29, 1.82) is 0 Å². The van der Waals surface area contributed by atoms with E-state index in [0.717, 1.165) is 15.0 Å². The summed E-state index contributed by atoms with van der Waals surface area (Å²) in [5.74, 6) is 0.170. The average Bonchev–Trinajstić information content (AvgIpc) is 3.14. The van der Waals surface area contributed by atoms with Gasteiger partial charge in [-0.15, -0.1) is 11.3 Å². The molecular formula is C23H25NO5S2. The highest BCUT2D eigenvalue weighted by Gasteiger charge is 2.18. The van der Waals surface area contributed by atoms with Crippen LogP contribution in [0.15, 0.2) is 60.0 Å². The maximum Gasteiger partial charge on any atom is 0.339 e. The number of fused-ring (bicyclic) bond motifs is 1. The Morgan fingerprint density at radius 1 is 1.16 bits per heavy atom. The van der Waals surface area contributed by atoms with Gasteiger partial charge in [-0.25, -0.2) is 0 Å². The number of allylic oxidation sites excluding steroid dienone is 1. The van der Waals surface area contributed by atoms with Crippen LogP contribution in [0.4, 0.5) is 5.69 Å². The molecule has 3 rings (SSSR count). The van der Waals surface area contributed by atoms with Gasteiger partial charge < -0.3 is 14.6 Å². The molecule has 164 valence electrons. The molecule has 0 atom stereocenters. The van der Waals surface area contributed by atoms with E-state index < -0.39 is 15.7 Å². The SMILES string of the molecule is C=C(C(=O)CC)c1cc2ccc(OS(=O)(=O)c3ccc(NCC(C)(C)O)cc3)cc2s1. The molecular weight excluding hydrogens is 434 g/mol. The van der Waals surface area contributed by atoms with Crippen LogP contribution in [0.2, 0.25) is 0 Å². The molecule has 0 aliphatic heterocycles. The number of carbonyl (C=O) groups is 1. The van der Waals surface area contributed by atoms with E-state index in [1.807, 2.05) is 6.07 Å². The number of aliphatic hydroxyl groups is 1. The van der Waals surface area contributed by atoms with Gasteiger partial charge in [0.25, 0.3) is 0 Å². The Hall–Kier alpha value is -2.68. The molecule has 0 bridgehead atoms. The summed E-state index contributed by atoms with van der Waals surface area (Å²) in [6, 6.07) is 13.0. The summed E-state index contributed by atoms with van der Waals surface area (Å²) in [5, 5.41) is 13.7. The predicted octanol–water partition coefficient (Wildman–Crippen LogP) is 4.84. The summed E-state index contributed by atoms with van der Waals surface area (Å²) in [7, 11) is -4.01. The normalized spacial score (nSPS) is 12.0. The molecule has 0 amide bonds. The fraction of sp³-hybridized carbons (Fsp3) is 0.261. The van der Waals surface area contributed by atoms with E-state index in [4.69, 9.17) is 4.18 Å². The molecule has 0 saturated heterocycles. The van der Waals surface area contributed by atoms with E-state index in [-0.39, 0.29) is 16.4 Å². The van der Waals surface area contributed by atoms with Gasteiger partial charge in [-0.1, -0.05) is 13.5 Å². The van der Waals surface area contributed by atoms with Crippen LogP contribution in [0.1, 0.15) is 32.1 Å². The summed E-state index contributed by atoms with van der Waals surface area (Å²) in [6.45, 7) is 9.33. The number of benzene rings is 2. The number of anilines is 1. The van der Waals surface area contributed by atoms with Crippen molar-refractivity contribution in [1.82, 2.24) is 0 Å². The van der Waals surface area contributed by atoms with Crippen LogP contribution in [0.5, 0.6) is 5.75 Å². The van der Waals surface area contributed by atoms with E-state index in [1.54, 1.807) is 51.1 Å². The third-order valence-electron chi connectivity index (χ3n) is 4.52. The third kappa shape index (κ3) is 5.72. The van der Waals surface area contributed by atoms with E-state index in [0.29, 0.717) is 24.2 Å². The minimum absolute atomic E-state index is 0.0221. The monoisotopic (exact) mass is 459 g/mol. The van der Waals surface area contributed by atoms with Crippen molar-refractivity contribution in [2.45, 2.75) is 37.7 Å². The predicted molar refractivity (Wildman–Crippen MR) is 125 cm³/mol. The highest BCUT2D eigenvalue weighted by molar-refractivity contribution is 7.87. The molecule has 0 aliphatic rings. The van der Waals surface area contributed by atoms with Crippen LogP contribution in [0.25, 0.3) is 15.7 Å². The van der Waals surface area contributed by atoms with Crippen molar-refractivity contribution in [3.8, 4) is 5.75 Å². The van der Waals surface area contributed by atoms with Crippen LogP contribution < -0.4 is 9.50 Å². The largest absolute Gasteiger partial charge is 0.389 e. The molecule has 1 aromatic heterocycles. The van der Waals surface area contributed by atoms with Crippen molar-refractivity contribution in [2.24, 2.45) is 0 Å². The lowest BCUT2D eigenvalue weighted by Gasteiger charge is -2.18. The second kappa shape index (κ2) is 8.82. The van der Waals surface area contributed by atoms with Gasteiger partial charge in [0.2, 0.25) is 0 Å². The second-order valence-electron chi connectivity index (χ2n) is 7.79. The number of thiophene rings is 1. The van der Waals surface area contributed by atoms with Crippen molar-refractivity contribution in [2.75, 3.05) is 11.9 Å². The molecule has 3 aromatic rings. The average molecular weight is 460 g/mol. The molecule has 0 unspecified atom stereocenters. The summed E-state index contributed by atoms with van der Waals surface area (Å²) >= 11 is 1.37. The van der Waals surface area contributed by atoms with E-state index in [1.165, 1.54) is 23.5 Å². The number of hydrogen-bond acceptors (Lipinski definition) is 7. The molecule has 2 aromatic carbocycles. The van der Waals surface area contributed by atoms with Crippen LogP contribution in [0, 0.1) is 0 Å². The highest BCUT2D eigenvalue weighted by Crippen LogP contribution is 2.34. The summed E-state index contributed by atoms with van der Waals surface area (Å²) in [4.78, 5) is 12.7. The van der Waals surface area contributed by atoms with Crippen molar-refractivity contribution < 1.29 is 22.5 Å². The second-order valence-corrected chi connectivity index (χ2v) is 10.4. The van der Waals surface area contributed by atoms with Crippen LogP contribution in [-0.2, 0) is 14.9 Å². The minimum atomic E-state index is -4.01.